The molecule has 1 aromatic carbocycles. The zero-order valence-corrected chi connectivity index (χ0v) is 12.2. The topological polar surface area (TPSA) is 20.3 Å². The molecule has 0 saturated carbocycles. The molecule has 0 bridgehead atoms. The fourth-order valence-corrected chi connectivity index (χ4v) is 2.92. The van der Waals surface area contributed by atoms with Gasteiger partial charge in [0.1, 0.15) is 0 Å². The van der Waals surface area contributed by atoms with Crippen LogP contribution in [0.3, 0.4) is 0 Å². The first-order valence-electron chi connectivity index (χ1n) is 6.77. The molecule has 0 aliphatic carbocycles. The van der Waals surface area contributed by atoms with E-state index in [0.717, 1.165) is 18.7 Å². The molecule has 1 aromatic rings. The molecule has 0 radical (unpaired) electrons. The Morgan fingerprint density at radius 2 is 2.00 bits per heavy atom. The number of benzene rings is 1. The Kier molecular flexibility index (Phi) is 4.65. The van der Waals surface area contributed by atoms with Crippen LogP contribution in [-0.2, 0) is 4.79 Å². The summed E-state index contributed by atoms with van der Waals surface area (Å²) in [5, 5.41) is 0.690. The Labute approximate surface area is 120 Å². The number of hydrogen-bond donors (Lipinski definition) is 0. The van der Waals surface area contributed by atoms with Crippen molar-refractivity contribution in [3.05, 3.63) is 40.9 Å². The monoisotopic (exact) mass is 277 g/mol. The second-order valence-corrected chi connectivity index (χ2v) is 6.01. The molecule has 1 fully saturated rings. The summed E-state index contributed by atoms with van der Waals surface area (Å²) in [5.41, 5.74) is 0.957. The number of hydrogen-bond acceptors (Lipinski definition) is 1. The summed E-state index contributed by atoms with van der Waals surface area (Å²) in [5.74, 6) is 1.28. The third kappa shape index (κ3) is 4.10. The van der Waals surface area contributed by atoms with Crippen molar-refractivity contribution in [3.8, 4) is 0 Å². The van der Waals surface area contributed by atoms with E-state index in [2.05, 4.69) is 13.8 Å². The quantitative estimate of drug-likeness (QED) is 0.752. The molecule has 0 spiro atoms. The Morgan fingerprint density at radius 1 is 1.32 bits per heavy atom. The lowest BCUT2D eigenvalue weighted by Gasteiger charge is -2.34. The molecule has 19 heavy (non-hydrogen) atoms. The lowest BCUT2D eigenvalue weighted by molar-refractivity contribution is -0.128. The molecule has 1 amide bonds. The number of amides is 1. The lowest BCUT2D eigenvalue weighted by Crippen LogP contribution is -2.41. The van der Waals surface area contributed by atoms with Gasteiger partial charge in [-0.05, 0) is 42.0 Å². The van der Waals surface area contributed by atoms with Crippen molar-refractivity contribution in [1.29, 1.82) is 0 Å². The van der Waals surface area contributed by atoms with Crippen molar-refractivity contribution in [1.82, 2.24) is 4.90 Å². The largest absolute Gasteiger partial charge is 0.339 e. The first-order chi connectivity index (χ1) is 9.04. The molecule has 1 aliphatic heterocycles. The molecule has 1 heterocycles. The lowest BCUT2D eigenvalue weighted by atomic mass is 9.92. The predicted octanol–water partition coefficient (Wildman–Crippen LogP) is 3.86. The van der Waals surface area contributed by atoms with Crippen molar-refractivity contribution >= 4 is 23.6 Å². The third-order valence-electron chi connectivity index (χ3n) is 3.45. The van der Waals surface area contributed by atoms with E-state index in [0.29, 0.717) is 16.9 Å². The van der Waals surface area contributed by atoms with Gasteiger partial charge in [-0.15, -0.1) is 0 Å². The fourth-order valence-electron chi connectivity index (χ4n) is 2.73. The van der Waals surface area contributed by atoms with Crippen molar-refractivity contribution in [2.75, 3.05) is 13.1 Å². The van der Waals surface area contributed by atoms with Gasteiger partial charge in [0.25, 0.3) is 0 Å². The summed E-state index contributed by atoms with van der Waals surface area (Å²) in [6, 6.07) is 7.51. The maximum atomic E-state index is 12.2. The molecule has 2 nitrogen and oxygen atoms in total. The minimum Gasteiger partial charge on any atom is -0.339 e. The molecular weight excluding hydrogens is 258 g/mol. The summed E-state index contributed by atoms with van der Waals surface area (Å²) < 4.78 is 0. The van der Waals surface area contributed by atoms with Gasteiger partial charge in [-0.3, -0.25) is 4.79 Å². The van der Waals surface area contributed by atoms with Crippen LogP contribution in [0.2, 0.25) is 5.02 Å². The number of likely N-dealkylation sites (tertiary alicyclic amines) is 1. The van der Waals surface area contributed by atoms with Crippen molar-refractivity contribution in [2.24, 2.45) is 11.8 Å². The average molecular weight is 278 g/mol. The molecule has 2 unspecified atom stereocenters. The number of rotatable bonds is 2. The molecule has 2 rings (SSSR count). The molecule has 0 N–H and O–H groups in total. The normalized spacial score (nSPS) is 23.8. The zero-order valence-electron chi connectivity index (χ0n) is 11.5. The van der Waals surface area contributed by atoms with Crippen LogP contribution in [0.5, 0.6) is 0 Å². The van der Waals surface area contributed by atoms with Crippen LogP contribution in [0.25, 0.3) is 6.08 Å². The van der Waals surface area contributed by atoms with E-state index < -0.39 is 0 Å². The van der Waals surface area contributed by atoms with E-state index in [4.69, 9.17) is 11.6 Å². The summed E-state index contributed by atoms with van der Waals surface area (Å²) in [7, 11) is 0. The molecule has 1 aliphatic rings. The highest BCUT2D eigenvalue weighted by Gasteiger charge is 2.23. The number of nitrogens with zero attached hydrogens (tertiary/aromatic N) is 1. The van der Waals surface area contributed by atoms with Gasteiger partial charge in [0.05, 0.1) is 0 Å². The first-order valence-corrected chi connectivity index (χ1v) is 7.15. The number of carbonyl (C=O) groups excluding carboxylic acids is 1. The van der Waals surface area contributed by atoms with Crippen LogP contribution in [0, 0.1) is 11.8 Å². The van der Waals surface area contributed by atoms with E-state index in [1.54, 1.807) is 6.08 Å². The molecule has 102 valence electrons. The van der Waals surface area contributed by atoms with Gasteiger partial charge in [-0.1, -0.05) is 37.6 Å². The molecule has 2 atom stereocenters. The smallest absolute Gasteiger partial charge is 0.246 e. The van der Waals surface area contributed by atoms with E-state index in [-0.39, 0.29) is 5.91 Å². The van der Waals surface area contributed by atoms with Gasteiger partial charge in [0.2, 0.25) is 5.91 Å². The van der Waals surface area contributed by atoms with Crippen LogP contribution in [0.4, 0.5) is 0 Å². The van der Waals surface area contributed by atoms with Crippen LogP contribution in [-0.4, -0.2) is 23.9 Å². The molecule has 0 aromatic heterocycles. The van der Waals surface area contributed by atoms with Gasteiger partial charge in [0.15, 0.2) is 0 Å². The minimum absolute atomic E-state index is 0.0957. The minimum atomic E-state index is 0.0957. The van der Waals surface area contributed by atoms with Crippen molar-refractivity contribution in [3.63, 3.8) is 0 Å². The maximum Gasteiger partial charge on any atom is 0.246 e. The third-order valence-corrected chi connectivity index (χ3v) is 3.68. The van der Waals surface area contributed by atoms with Gasteiger partial charge in [-0.2, -0.15) is 0 Å². The maximum absolute atomic E-state index is 12.2. The molecule has 1 saturated heterocycles. The van der Waals surface area contributed by atoms with Crippen molar-refractivity contribution < 1.29 is 4.79 Å². The summed E-state index contributed by atoms with van der Waals surface area (Å²) >= 11 is 5.92. The van der Waals surface area contributed by atoms with Gasteiger partial charge < -0.3 is 4.90 Å². The Hall–Kier alpha value is -1.28. The first kappa shape index (κ1) is 14.1. The number of halogens is 1. The van der Waals surface area contributed by atoms with Crippen LogP contribution in [0.15, 0.2) is 30.3 Å². The van der Waals surface area contributed by atoms with Crippen LogP contribution >= 0.6 is 11.6 Å². The number of piperidine rings is 1. The van der Waals surface area contributed by atoms with Crippen LogP contribution < -0.4 is 0 Å². The second-order valence-electron chi connectivity index (χ2n) is 5.58. The standard InChI is InChI=1S/C16H20ClNO/c1-12-8-13(2)11-18(10-12)16(19)7-6-14-4-3-5-15(17)9-14/h3-7,9,12-13H,8,10-11H2,1-2H3/b7-6+. The van der Waals surface area contributed by atoms with Gasteiger partial charge >= 0.3 is 0 Å². The SMILES string of the molecule is CC1CC(C)CN(C(=O)/C=C/c2cccc(Cl)c2)C1. The fraction of sp³-hybridized carbons (Fsp3) is 0.438. The highest BCUT2D eigenvalue weighted by Crippen LogP contribution is 2.21. The highest BCUT2D eigenvalue weighted by atomic mass is 35.5. The zero-order chi connectivity index (χ0) is 13.8. The van der Waals surface area contributed by atoms with Gasteiger partial charge in [-0.25, -0.2) is 0 Å². The summed E-state index contributed by atoms with van der Waals surface area (Å²) in [6.07, 6.45) is 4.69. The van der Waals surface area contributed by atoms with E-state index >= 15 is 0 Å². The Balaban J connectivity index is 2.00. The van der Waals surface area contributed by atoms with E-state index in [1.165, 1.54) is 6.42 Å². The highest BCUT2D eigenvalue weighted by molar-refractivity contribution is 6.30. The van der Waals surface area contributed by atoms with Crippen LogP contribution in [0.1, 0.15) is 25.8 Å². The average Bonchev–Trinajstić information content (AvgIpc) is 2.35. The predicted molar refractivity (Wildman–Crippen MR) is 80.0 cm³/mol. The Bertz CT molecular complexity index is 473. The van der Waals surface area contributed by atoms with Gasteiger partial charge in [0, 0.05) is 24.2 Å². The molecular formula is C16H20ClNO. The number of carbonyl (C=O) groups is 1. The van der Waals surface area contributed by atoms with E-state index in [1.807, 2.05) is 35.2 Å². The summed E-state index contributed by atoms with van der Waals surface area (Å²) in [6.45, 7) is 6.14. The molecule has 3 heteroatoms. The second kappa shape index (κ2) is 6.25. The van der Waals surface area contributed by atoms with E-state index in [9.17, 15) is 4.79 Å². The summed E-state index contributed by atoms with van der Waals surface area (Å²) in [4.78, 5) is 14.1. The Morgan fingerprint density at radius 3 is 2.63 bits per heavy atom. The van der Waals surface area contributed by atoms with Crippen molar-refractivity contribution in [2.45, 2.75) is 20.3 Å².